The molecule has 8 heteroatoms. The minimum atomic E-state index is -0.865. The molecule has 1 saturated heterocycles. The van der Waals surface area contributed by atoms with E-state index in [4.69, 9.17) is 9.47 Å². The van der Waals surface area contributed by atoms with Crippen molar-refractivity contribution < 1.29 is 19.1 Å². The Morgan fingerprint density at radius 1 is 1.28 bits per heavy atom. The number of carbonyl (C=O) groups excluding carboxylic acids is 2. The summed E-state index contributed by atoms with van der Waals surface area (Å²) in [6.07, 6.45) is 3.43. The van der Waals surface area contributed by atoms with Gasteiger partial charge in [-0.3, -0.25) is 9.59 Å². The zero-order valence-corrected chi connectivity index (χ0v) is 17.6. The van der Waals surface area contributed by atoms with Gasteiger partial charge in [0.25, 0.3) is 5.91 Å². The SMILES string of the molecule is COc1cc(Oc2cc(N(C)C(=O)C3(NC=O)CCSCC3)ccn2)ccc1C. The van der Waals surface area contributed by atoms with Crippen LogP contribution in [0.1, 0.15) is 18.4 Å². The lowest BCUT2D eigenvalue weighted by Gasteiger charge is -2.38. The van der Waals surface area contributed by atoms with Gasteiger partial charge in [0.05, 0.1) is 12.8 Å². The molecule has 0 spiro atoms. The van der Waals surface area contributed by atoms with E-state index in [0.717, 1.165) is 22.8 Å². The van der Waals surface area contributed by atoms with Gasteiger partial charge >= 0.3 is 0 Å². The highest BCUT2D eigenvalue weighted by Gasteiger charge is 2.41. The first-order valence-electron chi connectivity index (χ1n) is 9.35. The van der Waals surface area contributed by atoms with Crippen LogP contribution in [0.5, 0.6) is 17.4 Å². The molecule has 3 rings (SSSR count). The van der Waals surface area contributed by atoms with Crippen molar-refractivity contribution in [2.75, 3.05) is 30.6 Å². The minimum Gasteiger partial charge on any atom is -0.496 e. The first-order valence-corrected chi connectivity index (χ1v) is 10.5. The molecule has 1 aromatic carbocycles. The van der Waals surface area contributed by atoms with E-state index in [1.807, 2.05) is 19.1 Å². The van der Waals surface area contributed by atoms with E-state index in [2.05, 4.69) is 10.3 Å². The number of benzene rings is 1. The zero-order valence-electron chi connectivity index (χ0n) is 16.8. The second-order valence-electron chi connectivity index (χ2n) is 6.91. The molecule has 2 amide bonds. The second kappa shape index (κ2) is 9.17. The number of thioether (sulfide) groups is 1. The Balaban J connectivity index is 1.81. The molecular weight excluding hydrogens is 390 g/mol. The van der Waals surface area contributed by atoms with Crippen LogP contribution in [0.3, 0.4) is 0 Å². The van der Waals surface area contributed by atoms with Crippen LogP contribution >= 0.6 is 11.8 Å². The summed E-state index contributed by atoms with van der Waals surface area (Å²) in [5, 5.41) is 2.77. The number of aromatic nitrogens is 1. The molecular formula is C21H25N3O4S. The summed E-state index contributed by atoms with van der Waals surface area (Å²) in [6, 6.07) is 8.98. The quantitative estimate of drug-likeness (QED) is 0.700. The van der Waals surface area contributed by atoms with Gasteiger partial charge in [-0.05, 0) is 49.0 Å². The predicted molar refractivity (Wildman–Crippen MR) is 114 cm³/mol. The van der Waals surface area contributed by atoms with Gasteiger partial charge in [-0.2, -0.15) is 11.8 Å². The van der Waals surface area contributed by atoms with Crippen LogP contribution in [0.25, 0.3) is 0 Å². The van der Waals surface area contributed by atoms with Gasteiger partial charge in [-0.1, -0.05) is 6.07 Å². The van der Waals surface area contributed by atoms with Crippen LogP contribution in [-0.2, 0) is 9.59 Å². The fourth-order valence-corrected chi connectivity index (χ4v) is 4.53. The largest absolute Gasteiger partial charge is 0.496 e. The Kier molecular flexibility index (Phi) is 6.64. The van der Waals surface area contributed by atoms with Crippen molar-refractivity contribution in [3.8, 4) is 17.4 Å². The summed E-state index contributed by atoms with van der Waals surface area (Å²) < 4.78 is 11.2. The second-order valence-corrected chi connectivity index (χ2v) is 8.13. The Morgan fingerprint density at radius 3 is 2.72 bits per heavy atom. The number of methoxy groups -OCH3 is 1. The fraction of sp³-hybridized carbons (Fsp3) is 0.381. The summed E-state index contributed by atoms with van der Waals surface area (Å²) in [6.45, 7) is 1.95. The number of carbonyl (C=O) groups is 2. The topological polar surface area (TPSA) is 80.8 Å². The van der Waals surface area contributed by atoms with Crippen molar-refractivity contribution in [3.63, 3.8) is 0 Å². The molecule has 0 unspecified atom stereocenters. The van der Waals surface area contributed by atoms with Crippen molar-refractivity contribution >= 4 is 29.8 Å². The molecule has 2 aromatic rings. The number of aryl methyl sites for hydroxylation is 1. The number of likely N-dealkylation sites (N-methyl/N-ethyl adjacent to an activating group) is 1. The fourth-order valence-electron chi connectivity index (χ4n) is 3.34. The number of amides is 2. The van der Waals surface area contributed by atoms with Crippen molar-refractivity contribution in [1.29, 1.82) is 0 Å². The number of hydrogen-bond donors (Lipinski definition) is 1. The molecule has 1 aliphatic rings. The summed E-state index contributed by atoms with van der Waals surface area (Å²) >= 11 is 1.79. The molecule has 1 aliphatic heterocycles. The van der Waals surface area contributed by atoms with Crippen molar-refractivity contribution in [3.05, 3.63) is 42.1 Å². The highest BCUT2D eigenvalue weighted by Crippen LogP contribution is 2.32. The Bertz CT molecular complexity index is 884. The number of pyridine rings is 1. The number of rotatable bonds is 7. The van der Waals surface area contributed by atoms with E-state index in [1.54, 1.807) is 55.2 Å². The Hall–Kier alpha value is -2.74. The van der Waals surface area contributed by atoms with Crippen molar-refractivity contribution in [1.82, 2.24) is 10.3 Å². The molecule has 1 N–H and O–H groups in total. The molecule has 0 radical (unpaired) electrons. The summed E-state index contributed by atoms with van der Waals surface area (Å²) in [4.78, 5) is 30.2. The monoisotopic (exact) mass is 415 g/mol. The lowest BCUT2D eigenvalue weighted by molar-refractivity contribution is -0.128. The average Bonchev–Trinajstić information content (AvgIpc) is 2.75. The number of anilines is 1. The van der Waals surface area contributed by atoms with Crippen LogP contribution in [0, 0.1) is 6.92 Å². The number of nitrogens with zero attached hydrogens (tertiary/aromatic N) is 2. The van der Waals surface area contributed by atoms with Crippen molar-refractivity contribution in [2.45, 2.75) is 25.3 Å². The highest BCUT2D eigenvalue weighted by molar-refractivity contribution is 7.99. The van der Waals surface area contributed by atoms with Crippen LogP contribution in [0.2, 0.25) is 0 Å². The van der Waals surface area contributed by atoms with E-state index in [0.29, 0.717) is 36.6 Å². The lowest BCUT2D eigenvalue weighted by atomic mass is 9.90. The van der Waals surface area contributed by atoms with E-state index in [9.17, 15) is 9.59 Å². The smallest absolute Gasteiger partial charge is 0.252 e. The van der Waals surface area contributed by atoms with Crippen LogP contribution < -0.4 is 19.7 Å². The van der Waals surface area contributed by atoms with Gasteiger partial charge in [-0.25, -0.2) is 4.98 Å². The molecule has 29 heavy (non-hydrogen) atoms. The Labute approximate surface area is 174 Å². The molecule has 1 aromatic heterocycles. The lowest BCUT2D eigenvalue weighted by Crippen LogP contribution is -2.58. The first kappa shape index (κ1) is 21.0. The summed E-state index contributed by atoms with van der Waals surface area (Å²) in [7, 11) is 3.31. The molecule has 154 valence electrons. The normalized spacial score (nSPS) is 15.3. The van der Waals surface area contributed by atoms with E-state index >= 15 is 0 Å². The van der Waals surface area contributed by atoms with Gasteiger partial charge < -0.3 is 19.7 Å². The third-order valence-corrected chi connectivity index (χ3v) is 6.09. The van der Waals surface area contributed by atoms with Gasteiger partial charge in [0.1, 0.15) is 17.0 Å². The van der Waals surface area contributed by atoms with Crippen molar-refractivity contribution in [2.24, 2.45) is 0 Å². The Morgan fingerprint density at radius 2 is 2.03 bits per heavy atom. The molecule has 2 heterocycles. The van der Waals surface area contributed by atoms with Crippen LogP contribution in [0.4, 0.5) is 5.69 Å². The van der Waals surface area contributed by atoms with Gasteiger partial charge in [0, 0.05) is 25.4 Å². The summed E-state index contributed by atoms with van der Waals surface area (Å²) in [5.74, 6) is 3.21. The third-order valence-electron chi connectivity index (χ3n) is 5.10. The van der Waals surface area contributed by atoms with E-state index < -0.39 is 5.54 Å². The van der Waals surface area contributed by atoms with Crippen LogP contribution in [-0.4, -0.2) is 48.5 Å². The van der Waals surface area contributed by atoms with Gasteiger partial charge in [-0.15, -0.1) is 0 Å². The van der Waals surface area contributed by atoms with E-state index in [-0.39, 0.29) is 5.91 Å². The molecule has 0 bridgehead atoms. The number of ether oxygens (including phenoxy) is 2. The van der Waals surface area contributed by atoms with E-state index in [1.165, 1.54) is 0 Å². The molecule has 0 aliphatic carbocycles. The van der Waals surface area contributed by atoms with Gasteiger partial charge in [0.2, 0.25) is 12.3 Å². The molecule has 7 nitrogen and oxygen atoms in total. The minimum absolute atomic E-state index is 0.140. The number of nitrogens with one attached hydrogen (secondary N) is 1. The highest BCUT2D eigenvalue weighted by atomic mass is 32.2. The standard InChI is InChI=1S/C21H25N3O4S/c1-15-4-5-17(13-18(15)27-3)28-19-12-16(6-9-22-19)24(2)20(26)21(23-14-25)7-10-29-11-8-21/h4-6,9,12-14H,7-8,10-11H2,1-3H3,(H,23,25). The first-order chi connectivity index (χ1) is 14.0. The van der Waals surface area contributed by atoms with Crippen LogP contribution in [0.15, 0.2) is 36.5 Å². The average molecular weight is 416 g/mol. The molecule has 0 saturated carbocycles. The predicted octanol–water partition coefficient (Wildman–Crippen LogP) is 3.17. The maximum Gasteiger partial charge on any atom is 0.252 e. The number of hydrogen-bond acceptors (Lipinski definition) is 6. The molecule has 1 fully saturated rings. The maximum atomic E-state index is 13.2. The molecule has 0 atom stereocenters. The third kappa shape index (κ3) is 4.64. The maximum absolute atomic E-state index is 13.2. The zero-order chi connectivity index (χ0) is 20.9. The van der Waals surface area contributed by atoms with Gasteiger partial charge in [0.15, 0.2) is 0 Å². The summed E-state index contributed by atoms with van der Waals surface area (Å²) in [5.41, 5.74) is 0.783.